The Kier molecular flexibility index (Phi) is 5.95. The normalized spacial score (nSPS) is 19.0. The SMILES string of the molecule is COCCN1C(=S)N[C@H](c2ccccn2)[C@@H]1c1ccc(Sc2ccccc2)o1. The molecule has 0 amide bonds. The van der Waals surface area contributed by atoms with Crippen molar-refractivity contribution in [2.75, 3.05) is 20.3 Å². The van der Waals surface area contributed by atoms with E-state index in [0.29, 0.717) is 18.3 Å². The van der Waals surface area contributed by atoms with Crippen molar-refractivity contribution in [3.8, 4) is 0 Å². The van der Waals surface area contributed by atoms with Crippen LogP contribution in [0.3, 0.4) is 0 Å². The van der Waals surface area contributed by atoms with E-state index in [-0.39, 0.29) is 12.1 Å². The summed E-state index contributed by atoms with van der Waals surface area (Å²) in [5.41, 5.74) is 0.934. The second kappa shape index (κ2) is 8.77. The summed E-state index contributed by atoms with van der Waals surface area (Å²) in [6.07, 6.45) is 1.80. The number of hydrogen-bond acceptors (Lipinski definition) is 5. The molecule has 1 saturated heterocycles. The number of nitrogens with one attached hydrogen (secondary N) is 1. The van der Waals surface area contributed by atoms with E-state index < -0.39 is 0 Å². The van der Waals surface area contributed by atoms with Gasteiger partial charge in [0.2, 0.25) is 0 Å². The third kappa shape index (κ3) is 4.06. The topological polar surface area (TPSA) is 50.5 Å². The van der Waals surface area contributed by atoms with Gasteiger partial charge in [0.25, 0.3) is 0 Å². The van der Waals surface area contributed by atoms with Gasteiger partial charge < -0.3 is 19.4 Å². The van der Waals surface area contributed by atoms with Crippen LogP contribution >= 0.6 is 24.0 Å². The molecule has 2 aromatic heterocycles. The summed E-state index contributed by atoms with van der Waals surface area (Å²) in [5, 5.41) is 4.95. The monoisotopic (exact) mass is 411 g/mol. The molecule has 1 aromatic carbocycles. The maximum atomic E-state index is 6.23. The van der Waals surface area contributed by atoms with Crippen molar-refractivity contribution in [1.82, 2.24) is 15.2 Å². The number of hydrogen-bond donors (Lipinski definition) is 1. The second-order valence-corrected chi connectivity index (χ2v) is 7.85. The van der Waals surface area contributed by atoms with Crippen LogP contribution in [0.4, 0.5) is 0 Å². The second-order valence-electron chi connectivity index (χ2n) is 6.38. The van der Waals surface area contributed by atoms with E-state index in [9.17, 15) is 0 Å². The van der Waals surface area contributed by atoms with Crippen molar-refractivity contribution in [2.24, 2.45) is 0 Å². The highest BCUT2D eigenvalue weighted by molar-refractivity contribution is 7.99. The molecule has 2 atom stereocenters. The minimum Gasteiger partial charge on any atom is -0.452 e. The van der Waals surface area contributed by atoms with Crippen molar-refractivity contribution in [1.29, 1.82) is 0 Å². The number of methoxy groups -OCH3 is 1. The molecule has 0 aliphatic carbocycles. The zero-order chi connectivity index (χ0) is 19.3. The number of aromatic nitrogens is 1. The molecule has 0 radical (unpaired) electrons. The quantitative estimate of drug-likeness (QED) is 0.577. The molecule has 0 spiro atoms. The lowest BCUT2D eigenvalue weighted by molar-refractivity contribution is 0.156. The number of pyridine rings is 1. The summed E-state index contributed by atoms with van der Waals surface area (Å²) in [6.45, 7) is 1.26. The molecule has 1 aliphatic rings. The van der Waals surface area contributed by atoms with Crippen molar-refractivity contribution in [3.63, 3.8) is 0 Å². The molecular weight excluding hydrogens is 390 g/mol. The molecule has 3 aromatic rings. The zero-order valence-corrected chi connectivity index (χ0v) is 17.1. The molecule has 1 N–H and O–H groups in total. The van der Waals surface area contributed by atoms with Crippen molar-refractivity contribution in [3.05, 3.63) is 78.3 Å². The lowest BCUT2D eigenvalue weighted by atomic mass is 10.0. The van der Waals surface area contributed by atoms with Crippen molar-refractivity contribution >= 4 is 29.1 Å². The van der Waals surface area contributed by atoms with E-state index in [1.165, 1.54) is 0 Å². The summed E-state index contributed by atoms with van der Waals surface area (Å²) in [5.74, 6) is 0.859. The van der Waals surface area contributed by atoms with Gasteiger partial charge in [0.05, 0.1) is 18.3 Å². The molecule has 3 heterocycles. The third-order valence-electron chi connectivity index (χ3n) is 4.59. The molecular formula is C21H21N3O2S2. The van der Waals surface area contributed by atoms with Crippen LogP contribution < -0.4 is 5.32 Å². The Balaban J connectivity index is 1.63. The molecule has 0 bridgehead atoms. The molecule has 0 unspecified atom stereocenters. The van der Waals surface area contributed by atoms with E-state index in [0.717, 1.165) is 21.4 Å². The largest absolute Gasteiger partial charge is 0.452 e. The maximum absolute atomic E-state index is 6.23. The molecule has 1 aliphatic heterocycles. The lowest BCUT2D eigenvalue weighted by Crippen LogP contribution is -2.32. The van der Waals surface area contributed by atoms with Crippen LogP contribution in [-0.4, -0.2) is 35.3 Å². The van der Waals surface area contributed by atoms with Crippen LogP contribution in [0.1, 0.15) is 23.5 Å². The molecule has 144 valence electrons. The minimum absolute atomic E-state index is 0.0775. The number of ether oxygens (including phenoxy) is 1. The van der Waals surface area contributed by atoms with E-state index in [1.54, 1.807) is 25.1 Å². The number of nitrogens with zero attached hydrogens (tertiary/aromatic N) is 2. The first-order valence-electron chi connectivity index (χ1n) is 9.06. The third-order valence-corrected chi connectivity index (χ3v) is 5.87. The molecule has 1 fully saturated rings. The number of rotatable bonds is 7. The fourth-order valence-corrected chi connectivity index (χ4v) is 4.43. The maximum Gasteiger partial charge on any atom is 0.170 e. The summed E-state index contributed by atoms with van der Waals surface area (Å²) in [6, 6.07) is 20.0. The summed E-state index contributed by atoms with van der Waals surface area (Å²) in [4.78, 5) is 7.79. The van der Waals surface area contributed by atoms with E-state index in [1.807, 2.05) is 48.5 Å². The Morgan fingerprint density at radius 3 is 2.71 bits per heavy atom. The van der Waals surface area contributed by atoms with Gasteiger partial charge in [-0.05, 0) is 48.6 Å². The first kappa shape index (κ1) is 19.0. The van der Waals surface area contributed by atoms with E-state index >= 15 is 0 Å². The zero-order valence-electron chi connectivity index (χ0n) is 15.4. The van der Waals surface area contributed by atoms with E-state index in [4.69, 9.17) is 21.4 Å². The predicted octanol–water partition coefficient (Wildman–Crippen LogP) is 4.44. The number of furan rings is 1. The predicted molar refractivity (Wildman–Crippen MR) is 113 cm³/mol. The number of thiocarbonyl (C=S) groups is 1. The first-order valence-corrected chi connectivity index (χ1v) is 10.3. The van der Waals surface area contributed by atoms with Crippen LogP contribution in [0, 0.1) is 0 Å². The van der Waals surface area contributed by atoms with Crippen LogP contribution in [0.5, 0.6) is 0 Å². The fourth-order valence-electron chi connectivity index (χ4n) is 3.30. The smallest absolute Gasteiger partial charge is 0.170 e. The van der Waals surface area contributed by atoms with Gasteiger partial charge in [-0.1, -0.05) is 36.0 Å². The Morgan fingerprint density at radius 2 is 1.96 bits per heavy atom. The Morgan fingerprint density at radius 1 is 1.14 bits per heavy atom. The summed E-state index contributed by atoms with van der Waals surface area (Å²) in [7, 11) is 1.69. The molecule has 0 saturated carbocycles. The van der Waals surface area contributed by atoms with Gasteiger partial charge in [0.15, 0.2) is 10.2 Å². The van der Waals surface area contributed by atoms with Crippen LogP contribution in [-0.2, 0) is 4.74 Å². The van der Waals surface area contributed by atoms with Gasteiger partial charge in [-0.2, -0.15) is 0 Å². The van der Waals surface area contributed by atoms with Crippen LogP contribution in [0.15, 0.2) is 81.3 Å². The van der Waals surface area contributed by atoms with E-state index in [2.05, 4.69) is 27.3 Å². The Labute approximate surface area is 174 Å². The van der Waals surface area contributed by atoms with Gasteiger partial charge in [0.1, 0.15) is 11.8 Å². The Hall–Kier alpha value is -2.35. The first-order chi connectivity index (χ1) is 13.8. The Bertz CT molecular complexity index is 918. The van der Waals surface area contributed by atoms with Crippen LogP contribution in [0.25, 0.3) is 0 Å². The minimum atomic E-state index is -0.0809. The standard InChI is InChI=1S/C21H21N3O2S2/c1-25-14-13-24-20(19(23-21(24)27)16-9-5-6-12-22-16)17-10-11-18(26-17)28-15-7-3-2-4-8-15/h2-12,19-20H,13-14H2,1H3,(H,23,27)/t19-,20+/m1/s1. The molecule has 4 rings (SSSR count). The highest BCUT2D eigenvalue weighted by atomic mass is 32.2. The van der Waals surface area contributed by atoms with Gasteiger partial charge in [-0.25, -0.2) is 0 Å². The van der Waals surface area contributed by atoms with Gasteiger partial charge >= 0.3 is 0 Å². The van der Waals surface area contributed by atoms with Crippen molar-refractivity contribution in [2.45, 2.75) is 22.1 Å². The highest BCUT2D eigenvalue weighted by Gasteiger charge is 2.41. The van der Waals surface area contributed by atoms with Gasteiger partial charge in [0, 0.05) is 24.7 Å². The molecule has 28 heavy (non-hydrogen) atoms. The van der Waals surface area contributed by atoms with Crippen LogP contribution in [0.2, 0.25) is 0 Å². The number of benzene rings is 1. The lowest BCUT2D eigenvalue weighted by Gasteiger charge is -2.25. The summed E-state index contributed by atoms with van der Waals surface area (Å²) >= 11 is 7.21. The molecule has 5 nitrogen and oxygen atoms in total. The summed E-state index contributed by atoms with van der Waals surface area (Å²) < 4.78 is 11.5. The average Bonchev–Trinajstić information content (AvgIpc) is 3.31. The van der Waals surface area contributed by atoms with Gasteiger partial charge in [-0.3, -0.25) is 4.98 Å². The fraction of sp³-hybridized carbons (Fsp3) is 0.238. The van der Waals surface area contributed by atoms with Gasteiger partial charge in [-0.15, -0.1) is 0 Å². The average molecular weight is 412 g/mol. The van der Waals surface area contributed by atoms with Crippen molar-refractivity contribution < 1.29 is 9.15 Å². The highest BCUT2D eigenvalue weighted by Crippen LogP contribution is 2.40. The molecule has 7 heteroatoms.